The number of hydrogen-bond donors (Lipinski definition) is 2. The fourth-order valence-electron chi connectivity index (χ4n) is 2.74. The van der Waals surface area contributed by atoms with E-state index in [-0.39, 0.29) is 5.97 Å². The van der Waals surface area contributed by atoms with Gasteiger partial charge in [0.15, 0.2) is 0 Å². The molecule has 1 aliphatic rings. The van der Waals surface area contributed by atoms with Gasteiger partial charge in [0.25, 0.3) is 0 Å². The SMILES string of the molecule is CC.COC(=O)C(N)CCc1ccc(O)c2c1CCCC2. The maximum absolute atomic E-state index is 11.3. The van der Waals surface area contributed by atoms with Crippen LogP contribution in [0.25, 0.3) is 0 Å². The number of nitrogens with two attached hydrogens (primary N) is 1. The Balaban J connectivity index is 0.00000106. The van der Waals surface area contributed by atoms with Crippen LogP contribution in [0.1, 0.15) is 49.8 Å². The van der Waals surface area contributed by atoms with Gasteiger partial charge in [-0.2, -0.15) is 0 Å². The Morgan fingerprint density at radius 2 is 1.90 bits per heavy atom. The number of hydrogen-bond acceptors (Lipinski definition) is 4. The second-order valence-corrected chi connectivity index (χ2v) is 5.08. The number of methoxy groups -OCH3 is 1. The molecule has 3 N–H and O–H groups in total. The van der Waals surface area contributed by atoms with Crippen molar-refractivity contribution >= 4 is 5.97 Å². The highest BCUT2D eigenvalue weighted by molar-refractivity contribution is 5.75. The molecule has 0 bridgehead atoms. The van der Waals surface area contributed by atoms with Crippen LogP contribution in [-0.4, -0.2) is 24.2 Å². The minimum absolute atomic E-state index is 0.368. The van der Waals surface area contributed by atoms with Crippen LogP contribution >= 0.6 is 0 Å². The molecule has 0 spiro atoms. The Morgan fingerprint density at radius 1 is 1.29 bits per heavy atom. The molecule has 0 fully saturated rings. The third-order valence-electron chi connectivity index (χ3n) is 3.84. The number of aromatic hydroxyl groups is 1. The lowest BCUT2D eigenvalue weighted by atomic mass is 9.86. The molecule has 4 heteroatoms. The van der Waals surface area contributed by atoms with E-state index in [1.165, 1.54) is 18.2 Å². The molecule has 21 heavy (non-hydrogen) atoms. The van der Waals surface area contributed by atoms with Gasteiger partial charge in [0.1, 0.15) is 11.8 Å². The summed E-state index contributed by atoms with van der Waals surface area (Å²) in [5, 5.41) is 9.89. The van der Waals surface area contributed by atoms with E-state index in [2.05, 4.69) is 4.74 Å². The number of fused-ring (bicyclic) bond motifs is 1. The lowest BCUT2D eigenvalue weighted by molar-refractivity contribution is -0.142. The Morgan fingerprint density at radius 3 is 2.52 bits per heavy atom. The molecule has 0 saturated carbocycles. The van der Waals surface area contributed by atoms with Gasteiger partial charge in [-0.1, -0.05) is 19.9 Å². The number of phenols is 1. The van der Waals surface area contributed by atoms with Crippen LogP contribution in [0.4, 0.5) is 0 Å². The third kappa shape index (κ3) is 4.46. The zero-order valence-corrected chi connectivity index (χ0v) is 13.3. The van der Waals surface area contributed by atoms with Gasteiger partial charge in [-0.25, -0.2) is 0 Å². The highest BCUT2D eigenvalue weighted by Crippen LogP contribution is 2.32. The number of carbonyl (C=O) groups is 1. The monoisotopic (exact) mass is 293 g/mol. The van der Waals surface area contributed by atoms with E-state index in [0.29, 0.717) is 12.2 Å². The molecular formula is C17H27NO3. The molecule has 1 aromatic carbocycles. The molecule has 118 valence electrons. The van der Waals surface area contributed by atoms with Crippen LogP contribution < -0.4 is 5.73 Å². The Bertz CT molecular complexity index is 471. The standard InChI is InChI=1S/C15H21NO3.C2H6/c1-19-15(18)13(16)8-6-10-7-9-14(17)12-5-3-2-4-11(10)12;1-2/h7,9,13,17H,2-6,8,16H2,1H3;1-2H3. The maximum atomic E-state index is 11.3. The van der Waals surface area contributed by atoms with Crippen LogP contribution in [0.15, 0.2) is 12.1 Å². The quantitative estimate of drug-likeness (QED) is 0.837. The number of ether oxygens (including phenoxy) is 1. The number of aryl methyl sites for hydroxylation is 1. The molecular weight excluding hydrogens is 266 g/mol. The molecule has 1 atom stereocenters. The first kappa shape index (κ1) is 17.5. The van der Waals surface area contributed by atoms with E-state index in [1.54, 1.807) is 6.07 Å². The summed E-state index contributed by atoms with van der Waals surface area (Å²) >= 11 is 0. The molecule has 1 aliphatic carbocycles. The molecule has 1 aromatic rings. The second kappa shape index (κ2) is 8.67. The predicted octanol–water partition coefficient (Wildman–Crippen LogP) is 2.73. The molecule has 1 unspecified atom stereocenters. The van der Waals surface area contributed by atoms with E-state index in [4.69, 9.17) is 5.73 Å². The number of carbonyl (C=O) groups excluding carboxylic acids is 1. The van der Waals surface area contributed by atoms with Crippen molar-refractivity contribution in [2.45, 2.75) is 58.4 Å². The predicted molar refractivity (Wildman–Crippen MR) is 84.4 cm³/mol. The third-order valence-corrected chi connectivity index (χ3v) is 3.84. The van der Waals surface area contributed by atoms with Crippen molar-refractivity contribution in [2.75, 3.05) is 7.11 Å². The fraction of sp³-hybridized carbons (Fsp3) is 0.588. The Hall–Kier alpha value is -1.55. The fourth-order valence-corrected chi connectivity index (χ4v) is 2.74. The number of rotatable bonds is 4. The first-order valence-electron chi connectivity index (χ1n) is 7.79. The lowest BCUT2D eigenvalue weighted by Crippen LogP contribution is -2.32. The van der Waals surface area contributed by atoms with E-state index in [9.17, 15) is 9.90 Å². The summed E-state index contributed by atoms with van der Waals surface area (Å²) in [4.78, 5) is 11.3. The molecule has 0 heterocycles. The van der Waals surface area contributed by atoms with Crippen LogP contribution in [0.2, 0.25) is 0 Å². The van der Waals surface area contributed by atoms with Gasteiger partial charge in [-0.15, -0.1) is 0 Å². The Labute approximate surface area is 127 Å². The molecule has 0 aromatic heterocycles. The first-order chi connectivity index (χ1) is 10.1. The van der Waals surface area contributed by atoms with Gasteiger partial charge in [0.2, 0.25) is 0 Å². The van der Waals surface area contributed by atoms with E-state index in [1.807, 2.05) is 19.9 Å². The average molecular weight is 293 g/mol. The first-order valence-corrected chi connectivity index (χ1v) is 7.79. The minimum atomic E-state index is -0.571. The van der Waals surface area contributed by atoms with Gasteiger partial charge in [-0.05, 0) is 61.3 Å². The zero-order chi connectivity index (χ0) is 15.8. The van der Waals surface area contributed by atoms with Crippen LogP contribution in [0, 0.1) is 0 Å². The second-order valence-electron chi connectivity index (χ2n) is 5.08. The van der Waals surface area contributed by atoms with Crippen LogP contribution in [0.3, 0.4) is 0 Å². The van der Waals surface area contributed by atoms with Crippen molar-refractivity contribution in [2.24, 2.45) is 5.73 Å². The molecule has 2 rings (SSSR count). The van der Waals surface area contributed by atoms with Crippen molar-refractivity contribution in [1.82, 2.24) is 0 Å². The maximum Gasteiger partial charge on any atom is 0.322 e. The summed E-state index contributed by atoms with van der Waals surface area (Å²) in [5.74, 6) is 0.0309. The van der Waals surface area contributed by atoms with Crippen molar-refractivity contribution < 1.29 is 14.6 Å². The summed E-state index contributed by atoms with van der Waals surface area (Å²) in [6, 6.07) is 3.13. The van der Waals surface area contributed by atoms with Crippen molar-refractivity contribution in [1.29, 1.82) is 0 Å². The summed E-state index contributed by atoms with van der Waals surface area (Å²) in [5.41, 5.74) is 9.29. The van der Waals surface area contributed by atoms with Gasteiger partial charge >= 0.3 is 5.97 Å². The van der Waals surface area contributed by atoms with Gasteiger partial charge < -0.3 is 15.6 Å². The number of esters is 1. The largest absolute Gasteiger partial charge is 0.508 e. The van der Waals surface area contributed by atoms with Crippen molar-refractivity contribution in [3.8, 4) is 5.75 Å². The average Bonchev–Trinajstić information content (AvgIpc) is 2.55. The smallest absolute Gasteiger partial charge is 0.322 e. The summed E-state index contributed by atoms with van der Waals surface area (Å²) in [6.07, 6.45) is 5.56. The summed E-state index contributed by atoms with van der Waals surface area (Å²) in [7, 11) is 1.35. The van der Waals surface area contributed by atoms with Crippen molar-refractivity contribution in [3.05, 3.63) is 28.8 Å². The highest BCUT2D eigenvalue weighted by Gasteiger charge is 2.19. The lowest BCUT2D eigenvalue weighted by Gasteiger charge is -2.21. The molecule has 4 nitrogen and oxygen atoms in total. The minimum Gasteiger partial charge on any atom is -0.508 e. The summed E-state index contributed by atoms with van der Waals surface area (Å²) in [6.45, 7) is 4.00. The molecule has 0 aliphatic heterocycles. The van der Waals surface area contributed by atoms with E-state index in [0.717, 1.165) is 37.7 Å². The van der Waals surface area contributed by atoms with Gasteiger partial charge in [0, 0.05) is 0 Å². The summed E-state index contributed by atoms with van der Waals surface area (Å²) < 4.78 is 4.63. The van der Waals surface area contributed by atoms with Crippen LogP contribution in [0.5, 0.6) is 5.75 Å². The van der Waals surface area contributed by atoms with Gasteiger partial charge in [-0.3, -0.25) is 4.79 Å². The van der Waals surface area contributed by atoms with Crippen molar-refractivity contribution in [3.63, 3.8) is 0 Å². The van der Waals surface area contributed by atoms with Crippen LogP contribution in [-0.2, 0) is 28.8 Å². The topological polar surface area (TPSA) is 72.5 Å². The molecule has 0 saturated heterocycles. The zero-order valence-electron chi connectivity index (χ0n) is 13.3. The number of benzene rings is 1. The molecule has 0 radical (unpaired) electrons. The normalized spacial score (nSPS) is 14.5. The van der Waals surface area contributed by atoms with E-state index >= 15 is 0 Å². The Kier molecular flexibility index (Phi) is 7.23. The van der Waals surface area contributed by atoms with E-state index < -0.39 is 6.04 Å². The molecule has 0 amide bonds. The highest BCUT2D eigenvalue weighted by atomic mass is 16.5. The number of phenolic OH excluding ortho intramolecular Hbond substituents is 1. The van der Waals surface area contributed by atoms with Gasteiger partial charge in [0.05, 0.1) is 7.11 Å².